The molecule has 23 heavy (non-hydrogen) atoms. The van der Waals surface area contributed by atoms with Crippen LogP contribution in [0.2, 0.25) is 0 Å². The number of aliphatic imine (C=N–C) groups is 1. The number of rotatable bonds is 6. The van der Waals surface area contributed by atoms with Gasteiger partial charge in [-0.2, -0.15) is 11.8 Å². The summed E-state index contributed by atoms with van der Waals surface area (Å²) < 4.78 is 10.8. The fraction of sp³-hybridized carbons (Fsp3) is 0.562. The van der Waals surface area contributed by atoms with Gasteiger partial charge in [-0.1, -0.05) is 12.1 Å². The first-order valence-corrected chi connectivity index (χ1v) is 8.70. The molecule has 0 spiro atoms. The third kappa shape index (κ3) is 6.76. The molecule has 0 amide bonds. The third-order valence-corrected chi connectivity index (χ3v) is 4.46. The lowest BCUT2D eigenvalue weighted by atomic mass is 10.1. The average molecular weight is 451 g/mol. The molecule has 2 rings (SSSR count). The molecule has 5 nitrogen and oxygen atoms in total. The standard InChI is InChI=1S/C16H25N3O2S.HI/c1-13-3-4-14(15(11-13)21-8-7-20-2)12-18-16(17)19-5-9-22-10-6-19;/h3-4,11H,5-10,12H2,1-2H3,(H2,17,18);1H. The number of thioether (sulfide) groups is 1. The van der Waals surface area contributed by atoms with Crippen molar-refractivity contribution in [3.05, 3.63) is 29.3 Å². The maximum absolute atomic E-state index is 6.10. The monoisotopic (exact) mass is 451 g/mol. The van der Waals surface area contributed by atoms with E-state index >= 15 is 0 Å². The molecule has 1 aliphatic heterocycles. The second kappa shape index (κ2) is 11.0. The minimum Gasteiger partial charge on any atom is -0.491 e. The van der Waals surface area contributed by atoms with E-state index in [9.17, 15) is 0 Å². The molecule has 0 saturated carbocycles. The van der Waals surface area contributed by atoms with E-state index in [1.54, 1.807) is 7.11 Å². The van der Waals surface area contributed by atoms with Crippen LogP contribution in [0.25, 0.3) is 0 Å². The van der Waals surface area contributed by atoms with E-state index in [-0.39, 0.29) is 24.0 Å². The van der Waals surface area contributed by atoms with Gasteiger partial charge < -0.3 is 20.1 Å². The normalized spacial score (nSPS) is 15.2. The first-order valence-electron chi connectivity index (χ1n) is 7.54. The number of ether oxygens (including phenoxy) is 2. The topological polar surface area (TPSA) is 60.1 Å². The molecular formula is C16H26IN3O2S. The maximum atomic E-state index is 6.10. The second-order valence-corrected chi connectivity index (χ2v) is 6.45. The quantitative estimate of drug-likeness (QED) is 0.312. The van der Waals surface area contributed by atoms with Crippen LogP contribution >= 0.6 is 35.7 Å². The Morgan fingerprint density at radius 3 is 2.74 bits per heavy atom. The summed E-state index contributed by atoms with van der Waals surface area (Å²) >= 11 is 1.96. The Morgan fingerprint density at radius 2 is 2.04 bits per heavy atom. The Kier molecular flexibility index (Phi) is 9.73. The number of nitrogens with zero attached hydrogens (tertiary/aromatic N) is 2. The van der Waals surface area contributed by atoms with Gasteiger partial charge in [0.05, 0.1) is 13.2 Å². The minimum absolute atomic E-state index is 0. The van der Waals surface area contributed by atoms with Gasteiger partial charge in [-0.3, -0.25) is 0 Å². The van der Waals surface area contributed by atoms with Gasteiger partial charge >= 0.3 is 0 Å². The smallest absolute Gasteiger partial charge is 0.191 e. The number of halogens is 1. The van der Waals surface area contributed by atoms with Crippen molar-refractivity contribution in [2.24, 2.45) is 10.7 Å². The minimum atomic E-state index is 0. The number of methoxy groups -OCH3 is 1. The third-order valence-electron chi connectivity index (χ3n) is 3.51. The van der Waals surface area contributed by atoms with Crippen molar-refractivity contribution < 1.29 is 9.47 Å². The van der Waals surface area contributed by atoms with Crippen molar-refractivity contribution in [1.82, 2.24) is 4.90 Å². The predicted octanol–water partition coefficient (Wildman–Crippen LogP) is 2.50. The molecule has 2 N–H and O–H groups in total. The van der Waals surface area contributed by atoms with Crippen LogP contribution in [0.5, 0.6) is 5.75 Å². The van der Waals surface area contributed by atoms with Crippen molar-refractivity contribution in [3.8, 4) is 5.75 Å². The average Bonchev–Trinajstić information content (AvgIpc) is 2.55. The number of guanidine groups is 1. The summed E-state index contributed by atoms with van der Waals surface area (Å²) in [6.45, 7) is 5.66. The first kappa shape index (κ1) is 20.4. The van der Waals surface area contributed by atoms with Crippen LogP contribution in [-0.4, -0.2) is 55.8 Å². The molecule has 130 valence electrons. The number of benzene rings is 1. The van der Waals surface area contributed by atoms with Crippen molar-refractivity contribution in [2.45, 2.75) is 13.5 Å². The molecule has 0 radical (unpaired) electrons. The lowest BCUT2D eigenvalue weighted by molar-refractivity contribution is 0.145. The summed E-state index contributed by atoms with van der Waals surface area (Å²) in [7, 11) is 1.67. The Hall–Kier alpha value is -0.670. The Labute approximate surface area is 160 Å². The molecule has 1 fully saturated rings. The van der Waals surface area contributed by atoms with E-state index in [2.05, 4.69) is 28.9 Å². The molecule has 1 aromatic rings. The van der Waals surface area contributed by atoms with Crippen LogP contribution in [-0.2, 0) is 11.3 Å². The van der Waals surface area contributed by atoms with E-state index in [1.165, 1.54) is 5.56 Å². The first-order chi connectivity index (χ1) is 10.7. The number of hydrogen-bond donors (Lipinski definition) is 1. The Bertz CT molecular complexity index is 508. The summed E-state index contributed by atoms with van der Waals surface area (Å²) in [6, 6.07) is 6.16. The highest BCUT2D eigenvalue weighted by atomic mass is 127. The van der Waals surface area contributed by atoms with Gasteiger partial charge in [0, 0.05) is 37.3 Å². The SMILES string of the molecule is COCCOc1cc(C)ccc1CN=C(N)N1CCSCC1.I. The number of aryl methyl sites for hydroxylation is 1. The Morgan fingerprint density at radius 1 is 1.30 bits per heavy atom. The van der Waals surface area contributed by atoms with E-state index < -0.39 is 0 Å². The fourth-order valence-corrected chi connectivity index (χ4v) is 3.12. The summed E-state index contributed by atoms with van der Waals surface area (Å²) in [5.74, 6) is 3.73. The fourth-order valence-electron chi connectivity index (χ4n) is 2.22. The van der Waals surface area contributed by atoms with E-state index in [4.69, 9.17) is 15.2 Å². The molecule has 1 aliphatic rings. The molecule has 0 atom stereocenters. The summed E-state index contributed by atoms with van der Waals surface area (Å²) in [6.07, 6.45) is 0. The lowest BCUT2D eigenvalue weighted by Gasteiger charge is -2.27. The van der Waals surface area contributed by atoms with Gasteiger partial charge in [-0.05, 0) is 18.6 Å². The van der Waals surface area contributed by atoms with Crippen LogP contribution in [0.4, 0.5) is 0 Å². The molecule has 0 bridgehead atoms. The zero-order valence-corrected chi connectivity index (χ0v) is 16.9. The molecule has 0 aliphatic carbocycles. The highest BCUT2D eigenvalue weighted by molar-refractivity contribution is 14.0. The van der Waals surface area contributed by atoms with Gasteiger partial charge in [0.1, 0.15) is 12.4 Å². The molecule has 1 saturated heterocycles. The van der Waals surface area contributed by atoms with E-state index in [1.807, 2.05) is 17.8 Å². The molecule has 1 aromatic carbocycles. The Balaban J connectivity index is 0.00000264. The van der Waals surface area contributed by atoms with Gasteiger partial charge in [-0.15, -0.1) is 24.0 Å². The van der Waals surface area contributed by atoms with Crippen LogP contribution in [0, 0.1) is 6.92 Å². The van der Waals surface area contributed by atoms with Gasteiger partial charge in [0.2, 0.25) is 0 Å². The molecule has 7 heteroatoms. The van der Waals surface area contributed by atoms with Gasteiger partial charge in [-0.25, -0.2) is 4.99 Å². The number of nitrogens with two attached hydrogens (primary N) is 1. The maximum Gasteiger partial charge on any atom is 0.191 e. The van der Waals surface area contributed by atoms with Crippen LogP contribution in [0.15, 0.2) is 23.2 Å². The van der Waals surface area contributed by atoms with Crippen molar-refractivity contribution in [2.75, 3.05) is 44.9 Å². The number of hydrogen-bond acceptors (Lipinski definition) is 4. The summed E-state index contributed by atoms with van der Waals surface area (Å²) in [5.41, 5.74) is 8.32. The van der Waals surface area contributed by atoms with Crippen molar-refractivity contribution in [1.29, 1.82) is 0 Å². The zero-order chi connectivity index (χ0) is 15.8. The van der Waals surface area contributed by atoms with Crippen molar-refractivity contribution in [3.63, 3.8) is 0 Å². The predicted molar refractivity (Wildman–Crippen MR) is 108 cm³/mol. The van der Waals surface area contributed by atoms with Crippen LogP contribution in [0.1, 0.15) is 11.1 Å². The lowest BCUT2D eigenvalue weighted by Crippen LogP contribution is -2.42. The van der Waals surface area contributed by atoms with Crippen LogP contribution < -0.4 is 10.5 Å². The molecule has 1 heterocycles. The summed E-state index contributed by atoms with van der Waals surface area (Å²) in [4.78, 5) is 6.69. The summed E-state index contributed by atoms with van der Waals surface area (Å²) in [5, 5.41) is 0. The van der Waals surface area contributed by atoms with Crippen LogP contribution in [0.3, 0.4) is 0 Å². The molecular weight excluding hydrogens is 425 g/mol. The van der Waals surface area contributed by atoms with Crippen molar-refractivity contribution >= 4 is 41.7 Å². The van der Waals surface area contributed by atoms with E-state index in [0.717, 1.165) is 35.9 Å². The van der Waals surface area contributed by atoms with Gasteiger partial charge in [0.15, 0.2) is 5.96 Å². The van der Waals surface area contributed by atoms with Gasteiger partial charge in [0.25, 0.3) is 0 Å². The second-order valence-electron chi connectivity index (χ2n) is 5.23. The highest BCUT2D eigenvalue weighted by Gasteiger charge is 2.12. The van der Waals surface area contributed by atoms with E-state index in [0.29, 0.717) is 25.7 Å². The molecule has 0 unspecified atom stereocenters. The molecule has 0 aromatic heterocycles. The zero-order valence-electron chi connectivity index (χ0n) is 13.8. The largest absolute Gasteiger partial charge is 0.491 e. The highest BCUT2D eigenvalue weighted by Crippen LogP contribution is 2.21.